The number of halogens is 1. The molecule has 0 saturated carbocycles. The molecule has 0 fully saturated rings. The molecule has 0 amide bonds. The summed E-state index contributed by atoms with van der Waals surface area (Å²) in [6.07, 6.45) is 0. The first-order chi connectivity index (χ1) is 8.97. The van der Waals surface area contributed by atoms with E-state index in [-0.39, 0.29) is 5.82 Å². The van der Waals surface area contributed by atoms with Crippen molar-refractivity contribution in [3.8, 4) is 11.5 Å². The van der Waals surface area contributed by atoms with Gasteiger partial charge >= 0.3 is 7.12 Å². The second-order valence-corrected chi connectivity index (χ2v) is 4.42. The van der Waals surface area contributed by atoms with Crippen molar-refractivity contribution in [1.82, 2.24) is 0 Å². The van der Waals surface area contributed by atoms with E-state index in [0.717, 1.165) is 11.1 Å². The molecule has 0 aromatic heterocycles. The van der Waals surface area contributed by atoms with Gasteiger partial charge in [0.2, 0.25) is 0 Å². The highest BCUT2D eigenvalue weighted by Crippen LogP contribution is 2.28. The van der Waals surface area contributed by atoms with Gasteiger partial charge in [0.05, 0.1) is 0 Å². The Morgan fingerprint density at radius 2 is 1.68 bits per heavy atom. The molecule has 0 aliphatic heterocycles. The third kappa shape index (κ3) is 3.13. The minimum Gasteiger partial charge on any atom is -0.457 e. The van der Waals surface area contributed by atoms with Crippen LogP contribution in [-0.4, -0.2) is 17.2 Å². The van der Waals surface area contributed by atoms with Gasteiger partial charge in [-0.15, -0.1) is 0 Å². The van der Waals surface area contributed by atoms with Gasteiger partial charge in [-0.25, -0.2) is 4.39 Å². The fraction of sp³-hybridized carbons (Fsp3) is 0.143. The molecule has 0 heterocycles. The Kier molecular flexibility index (Phi) is 3.88. The summed E-state index contributed by atoms with van der Waals surface area (Å²) in [4.78, 5) is 0. The maximum Gasteiger partial charge on any atom is 0.488 e. The molecule has 0 bridgehead atoms. The Balaban J connectivity index is 2.35. The van der Waals surface area contributed by atoms with E-state index in [1.165, 1.54) is 12.1 Å². The SMILES string of the molecule is Cc1cc(B(O)O)cc(C)c1Oc1cccc(F)c1. The highest BCUT2D eigenvalue weighted by atomic mass is 19.1. The van der Waals surface area contributed by atoms with Crippen molar-refractivity contribution >= 4 is 12.6 Å². The standard InChI is InChI=1S/C14H14BFO3/c1-9-6-11(15(17)18)7-10(2)14(9)19-13-5-3-4-12(16)8-13/h3-8,17-18H,1-2H3. The van der Waals surface area contributed by atoms with Crippen LogP contribution in [0.1, 0.15) is 11.1 Å². The lowest BCUT2D eigenvalue weighted by Crippen LogP contribution is -2.30. The van der Waals surface area contributed by atoms with Crippen LogP contribution < -0.4 is 10.2 Å². The number of hydrogen-bond donors (Lipinski definition) is 2. The summed E-state index contributed by atoms with van der Waals surface area (Å²) in [5, 5.41) is 18.3. The number of hydrogen-bond acceptors (Lipinski definition) is 3. The lowest BCUT2D eigenvalue weighted by atomic mass is 9.78. The molecule has 0 spiro atoms. The minimum atomic E-state index is -1.51. The summed E-state index contributed by atoms with van der Waals surface area (Å²) in [7, 11) is -1.51. The van der Waals surface area contributed by atoms with Crippen molar-refractivity contribution < 1.29 is 19.2 Å². The van der Waals surface area contributed by atoms with Gasteiger partial charge in [-0.3, -0.25) is 0 Å². The lowest BCUT2D eigenvalue weighted by molar-refractivity contribution is 0.425. The number of aryl methyl sites for hydroxylation is 2. The predicted octanol–water partition coefficient (Wildman–Crippen LogP) is 1.91. The van der Waals surface area contributed by atoms with Crippen molar-refractivity contribution in [2.75, 3.05) is 0 Å². The molecule has 0 unspecified atom stereocenters. The van der Waals surface area contributed by atoms with E-state index in [4.69, 9.17) is 14.8 Å². The Morgan fingerprint density at radius 3 is 2.21 bits per heavy atom. The quantitative estimate of drug-likeness (QED) is 0.829. The maximum atomic E-state index is 13.1. The highest BCUT2D eigenvalue weighted by Gasteiger charge is 2.15. The molecule has 0 saturated heterocycles. The van der Waals surface area contributed by atoms with Crippen LogP contribution in [0.25, 0.3) is 0 Å². The molecule has 0 aliphatic carbocycles. The van der Waals surface area contributed by atoms with Gasteiger partial charge in [0, 0.05) is 6.07 Å². The average molecular weight is 260 g/mol. The smallest absolute Gasteiger partial charge is 0.457 e. The van der Waals surface area contributed by atoms with Crippen LogP contribution in [0.2, 0.25) is 0 Å². The van der Waals surface area contributed by atoms with Gasteiger partial charge in [-0.1, -0.05) is 18.2 Å². The van der Waals surface area contributed by atoms with Crippen LogP contribution in [-0.2, 0) is 0 Å². The topological polar surface area (TPSA) is 49.7 Å². The lowest BCUT2D eigenvalue weighted by Gasteiger charge is -2.13. The first kappa shape index (κ1) is 13.6. The largest absolute Gasteiger partial charge is 0.488 e. The third-order valence-electron chi connectivity index (χ3n) is 2.80. The van der Waals surface area contributed by atoms with Crippen LogP contribution >= 0.6 is 0 Å². The second kappa shape index (κ2) is 5.42. The van der Waals surface area contributed by atoms with Crippen LogP contribution in [0, 0.1) is 19.7 Å². The summed E-state index contributed by atoms with van der Waals surface area (Å²) < 4.78 is 18.7. The third-order valence-corrected chi connectivity index (χ3v) is 2.80. The molecule has 2 N–H and O–H groups in total. The van der Waals surface area contributed by atoms with Gasteiger partial charge in [0.25, 0.3) is 0 Å². The molecule has 2 aromatic rings. The summed E-state index contributed by atoms with van der Waals surface area (Å²) in [5.41, 5.74) is 1.92. The maximum absolute atomic E-state index is 13.1. The van der Waals surface area contributed by atoms with Crippen molar-refractivity contribution in [2.45, 2.75) is 13.8 Å². The second-order valence-electron chi connectivity index (χ2n) is 4.42. The molecule has 98 valence electrons. The normalized spacial score (nSPS) is 10.4. The van der Waals surface area contributed by atoms with Crippen LogP contribution in [0.4, 0.5) is 4.39 Å². The first-order valence-electron chi connectivity index (χ1n) is 5.88. The fourth-order valence-corrected chi connectivity index (χ4v) is 1.94. The zero-order valence-electron chi connectivity index (χ0n) is 10.7. The number of benzene rings is 2. The van der Waals surface area contributed by atoms with E-state index in [9.17, 15) is 4.39 Å². The minimum absolute atomic E-state index is 0.366. The molecule has 5 heteroatoms. The molecular weight excluding hydrogens is 246 g/mol. The zero-order valence-corrected chi connectivity index (χ0v) is 10.7. The molecule has 0 radical (unpaired) electrons. The van der Waals surface area contributed by atoms with Gasteiger partial charge in [0.15, 0.2) is 0 Å². The molecular formula is C14H14BFO3. The Hall–Kier alpha value is -1.85. The van der Waals surface area contributed by atoms with E-state index in [0.29, 0.717) is 17.0 Å². The van der Waals surface area contributed by atoms with E-state index in [1.807, 2.05) is 0 Å². The van der Waals surface area contributed by atoms with Crippen LogP contribution in [0.15, 0.2) is 36.4 Å². The fourth-order valence-electron chi connectivity index (χ4n) is 1.94. The van der Waals surface area contributed by atoms with Gasteiger partial charge in [0.1, 0.15) is 17.3 Å². The molecule has 3 nitrogen and oxygen atoms in total. The molecule has 2 rings (SSSR count). The van der Waals surface area contributed by atoms with E-state index in [2.05, 4.69) is 0 Å². The zero-order chi connectivity index (χ0) is 14.0. The van der Waals surface area contributed by atoms with E-state index < -0.39 is 7.12 Å². The van der Waals surface area contributed by atoms with Crippen LogP contribution in [0.3, 0.4) is 0 Å². The predicted molar refractivity (Wildman–Crippen MR) is 72.2 cm³/mol. The van der Waals surface area contributed by atoms with Crippen LogP contribution in [0.5, 0.6) is 11.5 Å². The monoisotopic (exact) mass is 260 g/mol. The van der Waals surface area contributed by atoms with E-state index >= 15 is 0 Å². The van der Waals surface area contributed by atoms with Crippen molar-refractivity contribution in [3.05, 3.63) is 53.3 Å². The summed E-state index contributed by atoms with van der Waals surface area (Å²) >= 11 is 0. The Labute approximate surface area is 111 Å². The Bertz CT molecular complexity index is 576. The summed E-state index contributed by atoms with van der Waals surface area (Å²) in [6.45, 7) is 3.60. The van der Waals surface area contributed by atoms with Crippen molar-refractivity contribution in [3.63, 3.8) is 0 Å². The molecule has 0 atom stereocenters. The molecule has 19 heavy (non-hydrogen) atoms. The molecule has 2 aromatic carbocycles. The first-order valence-corrected chi connectivity index (χ1v) is 5.88. The average Bonchev–Trinajstić information content (AvgIpc) is 2.33. The van der Waals surface area contributed by atoms with Crippen molar-refractivity contribution in [2.24, 2.45) is 0 Å². The van der Waals surface area contributed by atoms with E-state index in [1.54, 1.807) is 38.1 Å². The highest BCUT2D eigenvalue weighted by molar-refractivity contribution is 6.58. The summed E-state index contributed by atoms with van der Waals surface area (Å²) in [6, 6.07) is 9.14. The van der Waals surface area contributed by atoms with Crippen molar-refractivity contribution in [1.29, 1.82) is 0 Å². The molecule has 0 aliphatic rings. The summed E-state index contributed by atoms with van der Waals surface area (Å²) in [5.74, 6) is 0.633. The number of ether oxygens (including phenoxy) is 1. The van der Waals surface area contributed by atoms with Gasteiger partial charge < -0.3 is 14.8 Å². The Morgan fingerprint density at radius 1 is 1.05 bits per heavy atom. The number of rotatable bonds is 3. The van der Waals surface area contributed by atoms with Gasteiger partial charge in [-0.2, -0.15) is 0 Å². The van der Waals surface area contributed by atoms with Gasteiger partial charge in [-0.05, 0) is 42.6 Å².